The van der Waals surface area contributed by atoms with Crippen molar-refractivity contribution in [2.75, 3.05) is 20.8 Å². The molecule has 0 fully saturated rings. The summed E-state index contributed by atoms with van der Waals surface area (Å²) < 4.78 is 49.1. The predicted molar refractivity (Wildman–Crippen MR) is 108 cm³/mol. The monoisotopic (exact) mass is 437 g/mol. The number of hydrazone groups is 1. The van der Waals surface area contributed by atoms with Gasteiger partial charge in [0.05, 0.1) is 26.0 Å². The molecular formula is C21H22F3N3O4. The number of hydrogen-bond acceptors (Lipinski definition) is 5. The van der Waals surface area contributed by atoms with E-state index >= 15 is 0 Å². The van der Waals surface area contributed by atoms with Crippen molar-refractivity contribution in [3.63, 3.8) is 0 Å². The van der Waals surface area contributed by atoms with E-state index in [1.807, 2.05) is 11.5 Å². The first-order valence-electron chi connectivity index (χ1n) is 9.20. The number of alkyl halides is 3. The van der Waals surface area contributed by atoms with Gasteiger partial charge in [0, 0.05) is 12.1 Å². The third-order valence-electron chi connectivity index (χ3n) is 4.16. The van der Waals surface area contributed by atoms with Gasteiger partial charge >= 0.3 is 6.18 Å². The number of nitrogens with one attached hydrogen (secondary N) is 2. The lowest BCUT2D eigenvalue weighted by atomic mass is 10.1. The summed E-state index contributed by atoms with van der Waals surface area (Å²) in [5.41, 5.74) is 1.87. The Balaban J connectivity index is 1.79. The number of hydrogen-bond donors (Lipinski definition) is 2. The van der Waals surface area contributed by atoms with Crippen molar-refractivity contribution in [2.24, 2.45) is 5.10 Å². The highest BCUT2D eigenvalue weighted by atomic mass is 19.4. The van der Waals surface area contributed by atoms with Crippen molar-refractivity contribution in [1.29, 1.82) is 0 Å². The molecule has 0 radical (unpaired) electrons. The molecule has 10 heteroatoms. The van der Waals surface area contributed by atoms with Gasteiger partial charge in [-0.05, 0) is 30.2 Å². The largest absolute Gasteiger partial charge is 0.493 e. The van der Waals surface area contributed by atoms with Crippen LogP contribution in [0.3, 0.4) is 0 Å². The van der Waals surface area contributed by atoms with E-state index in [1.165, 1.54) is 32.4 Å². The number of carbonyl (C=O) groups is 2. The number of methoxy groups -OCH3 is 2. The molecule has 0 aliphatic rings. The van der Waals surface area contributed by atoms with Crippen molar-refractivity contribution >= 4 is 18.0 Å². The number of halogens is 3. The van der Waals surface area contributed by atoms with E-state index in [2.05, 4.69) is 10.4 Å². The molecule has 2 N–H and O–H groups in total. The van der Waals surface area contributed by atoms with E-state index in [4.69, 9.17) is 9.47 Å². The van der Waals surface area contributed by atoms with Crippen LogP contribution in [0.2, 0.25) is 0 Å². The van der Waals surface area contributed by atoms with E-state index in [9.17, 15) is 22.8 Å². The molecule has 0 spiro atoms. The molecule has 7 nitrogen and oxygen atoms in total. The minimum atomic E-state index is -4.54. The summed E-state index contributed by atoms with van der Waals surface area (Å²) in [6.07, 6.45) is -3.67. The molecule has 2 amide bonds. The van der Waals surface area contributed by atoms with Crippen LogP contribution in [0.5, 0.6) is 11.5 Å². The fourth-order valence-electron chi connectivity index (χ4n) is 2.67. The van der Waals surface area contributed by atoms with Gasteiger partial charge in [-0.2, -0.15) is 18.3 Å². The van der Waals surface area contributed by atoms with E-state index in [0.717, 1.165) is 17.8 Å². The van der Waals surface area contributed by atoms with Crippen LogP contribution in [0, 0.1) is 0 Å². The van der Waals surface area contributed by atoms with Gasteiger partial charge in [-0.25, -0.2) is 5.43 Å². The van der Waals surface area contributed by atoms with Gasteiger partial charge in [0.25, 0.3) is 0 Å². The van der Waals surface area contributed by atoms with Crippen LogP contribution in [0.25, 0.3) is 0 Å². The Morgan fingerprint density at radius 1 is 1.03 bits per heavy atom. The van der Waals surface area contributed by atoms with Crippen LogP contribution in [0.15, 0.2) is 47.6 Å². The molecular weight excluding hydrogens is 415 g/mol. The highest BCUT2D eigenvalue weighted by molar-refractivity contribution is 5.97. The minimum Gasteiger partial charge on any atom is -0.493 e. The van der Waals surface area contributed by atoms with Gasteiger partial charge in [-0.15, -0.1) is 0 Å². The average molecular weight is 437 g/mol. The van der Waals surface area contributed by atoms with E-state index in [1.54, 1.807) is 12.1 Å². The predicted octanol–water partition coefficient (Wildman–Crippen LogP) is 2.92. The third-order valence-corrected chi connectivity index (χ3v) is 4.16. The highest BCUT2D eigenvalue weighted by Crippen LogP contribution is 2.31. The Labute approximate surface area is 177 Å². The quantitative estimate of drug-likeness (QED) is 0.359. The molecule has 0 heterocycles. The minimum absolute atomic E-state index is 0.199. The van der Waals surface area contributed by atoms with Gasteiger partial charge in [0.1, 0.15) is 6.42 Å². The maximum Gasteiger partial charge on any atom is 0.417 e. The van der Waals surface area contributed by atoms with Gasteiger partial charge in [-0.1, -0.05) is 24.3 Å². The van der Waals surface area contributed by atoms with Gasteiger partial charge < -0.3 is 14.8 Å². The van der Waals surface area contributed by atoms with Crippen molar-refractivity contribution < 1.29 is 32.2 Å². The summed E-state index contributed by atoms with van der Waals surface area (Å²) in [5.74, 6) is -0.130. The summed E-state index contributed by atoms with van der Waals surface area (Å²) in [6, 6.07) is 10.2. The summed E-state index contributed by atoms with van der Waals surface area (Å²) in [6.45, 7) is 0.282. The Morgan fingerprint density at radius 3 is 2.42 bits per heavy atom. The van der Waals surface area contributed by atoms with E-state index in [-0.39, 0.29) is 12.1 Å². The molecule has 0 saturated heterocycles. The Hall–Kier alpha value is -3.56. The van der Waals surface area contributed by atoms with Gasteiger partial charge in [0.2, 0.25) is 11.8 Å². The van der Waals surface area contributed by atoms with E-state index in [0.29, 0.717) is 17.9 Å². The Bertz CT molecular complexity index is 946. The van der Waals surface area contributed by atoms with Crippen LogP contribution in [0.1, 0.15) is 23.1 Å². The number of rotatable bonds is 9. The molecule has 0 atom stereocenters. The van der Waals surface area contributed by atoms with Gasteiger partial charge in [-0.3, -0.25) is 9.59 Å². The van der Waals surface area contributed by atoms with Crippen LogP contribution in [-0.2, 0) is 22.2 Å². The second-order valence-corrected chi connectivity index (χ2v) is 6.34. The van der Waals surface area contributed by atoms with Crippen LogP contribution < -0.4 is 20.2 Å². The first-order chi connectivity index (χ1) is 14.7. The number of amides is 2. The second kappa shape index (κ2) is 11.0. The topological polar surface area (TPSA) is 89.0 Å². The van der Waals surface area contributed by atoms with Gasteiger partial charge in [0.15, 0.2) is 11.5 Å². The maximum atomic E-state index is 12.9. The first kappa shape index (κ1) is 23.7. The number of carbonyl (C=O) groups excluding carboxylic acids is 2. The third kappa shape index (κ3) is 7.32. The fourth-order valence-corrected chi connectivity index (χ4v) is 2.67. The molecule has 2 aromatic rings. The fraction of sp³-hybridized carbons (Fsp3) is 0.286. The normalized spacial score (nSPS) is 11.3. The number of benzene rings is 2. The lowest BCUT2D eigenvalue weighted by Crippen LogP contribution is -2.31. The maximum absolute atomic E-state index is 12.9. The Kier molecular flexibility index (Phi) is 8.42. The summed E-state index contributed by atoms with van der Waals surface area (Å²) in [7, 11) is 3.05. The van der Waals surface area contributed by atoms with Crippen molar-refractivity contribution in [3.8, 4) is 11.5 Å². The molecule has 2 rings (SSSR count). The standard InChI is InChI=1S/C21H22F3N3O4/c1-30-17-8-7-14(11-18(17)31-2)9-10-25-19(28)12-20(29)27-26-13-15-5-3-4-6-16(15)21(22,23)24/h3-8,11,13H,9-10,12H2,1-2H3,(H,25,28)(H,27,29)/b26-13-. The molecule has 0 aliphatic carbocycles. The zero-order chi connectivity index (χ0) is 22.9. The van der Waals surface area contributed by atoms with Crippen molar-refractivity contribution in [3.05, 3.63) is 59.2 Å². The molecule has 2 aromatic carbocycles. The van der Waals surface area contributed by atoms with Crippen LogP contribution in [-0.4, -0.2) is 38.8 Å². The summed E-state index contributed by atoms with van der Waals surface area (Å²) >= 11 is 0. The van der Waals surface area contributed by atoms with Crippen LogP contribution in [0.4, 0.5) is 13.2 Å². The number of ether oxygens (including phenoxy) is 2. The molecule has 0 aliphatic heterocycles. The molecule has 31 heavy (non-hydrogen) atoms. The lowest BCUT2D eigenvalue weighted by molar-refractivity contribution is -0.137. The number of nitrogens with zero attached hydrogens (tertiary/aromatic N) is 1. The van der Waals surface area contributed by atoms with Crippen molar-refractivity contribution in [1.82, 2.24) is 10.7 Å². The Morgan fingerprint density at radius 2 is 1.74 bits per heavy atom. The van der Waals surface area contributed by atoms with Crippen molar-refractivity contribution in [2.45, 2.75) is 19.0 Å². The average Bonchev–Trinajstić information content (AvgIpc) is 2.73. The molecule has 166 valence electrons. The highest BCUT2D eigenvalue weighted by Gasteiger charge is 2.32. The zero-order valence-electron chi connectivity index (χ0n) is 17.0. The summed E-state index contributed by atoms with van der Waals surface area (Å²) in [4.78, 5) is 23.6. The zero-order valence-corrected chi connectivity index (χ0v) is 17.0. The SMILES string of the molecule is COc1ccc(CCNC(=O)CC(=O)N/N=C\c2ccccc2C(F)(F)F)cc1OC. The second-order valence-electron chi connectivity index (χ2n) is 6.34. The molecule has 0 bridgehead atoms. The molecule has 0 saturated carbocycles. The molecule has 0 aromatic heterocycles. The van der Waals surface area contributed by atoms with Crippen LogP contribution >= 0.6 is 0 Å². The smallest absolute Gasteiger partial charge is 0.417 e. The summed E-state index contributed by atoms with van der Waals surface area (Å²) in [5, 5.41) is 6.09. The molecule has 0 unspecified atom stereocenters. The lowest BCUT2D eigenvalue weighted by Gasteiger charge is -2.10. The first-order valence-corrected chi connectivity index (χ1v) is 9.20. The van der Waals surface area contributed by atoms with E-state index < -0.39 is 30.0 Å².